The highest BCUT2D eigenvalue weighted by Crippen LogP contribution is 2.45. The quantitative estimate of drug-likeness (QED) is 0.0411. The van der Waals surface area contributed by atoms with Crippen molar-refractivity contribution in [1.82, 2.24) is 10.6 Å². The number of aliphatic carboxylic acids is 1. The second-order valence-electron chi connectivity index (χ2n) is 16.2. The zero-order chi connectivity index (χ0) is 45.8. The molecule has 0 aliphatic heterocycles. The maximum atomic E-state index is 13.8. The Bertz CT molecular complexity index is 2220. The molecule has 14 nitrogen and oxygen atoms in total. The monoisotopic (exact) mass is 876 g/mol. The van der Waals surface area contributed by atoms with Gasteiger partial charge in [0.05, 0.1) is 13.0 Å². The normalized spacial score (nSPS) is 14.8. The number of carboxylic acid groups (broad SMARTS) is 1. The molecule has 0 spiro atoms. The molecular formula is C50H56N2O12. The number of carboxylic acids is 1. The van der Waals surface area contributed by atoms with E-state index in [1.54, 1.807) is 13.8 Å². The molecule has 338 valence electrons. The Labute approximate surface area is 373 Å². The number of benzene rings is 4. The number of hydrogen-bond donors (Lipinski definition) is 3. The summed E-state index contributed by atoms with van der Waals surface area (Å²) in [6.07, 6.45) is -3.17. The smallest absolute Gasteiger partial charge is 0.407 e. The van der Waals surface area contributed by atoms with Crippen molar-refractivity contribution in [2.75, 3.05) is 19.8 Å². The van der Waals surface area contributed by atoms with Crippen molar-refractivity contribution in [3.8, 4) is 22.3 Å². The van der Waals surface area contributed by atoms with Gasteiger partial charge in [-0.2, -0.15) is 0 Å². The van der Waals surface area contributed by atoms with Crippen LogP contribution in [0.5, 0.6) is 0 Å². The van der Waals surface area contributed by atoms with Crippen LogP contribution >= 0.6 is 0 Å². The first-order valence-electron chi connectivity index (χ1n) is 21.9. The van der Waals surface area contributed by atoms with Gasteiger partial charge in [0.15, 0.2) is 0 Å². The maximum Gasteiger partial charge on any atom is 0.407 e. The fourth-order valence-electron chi connectivity index (χ4n) is 8.15. The molecule has 0 heterocycles. The van der Waals surface area contributed by atoms with Crippen LogP contribution in [-0.4, -0.2) is 79.4 Å². The van der Waals surface area contributed by atoms with E-state index in [1.807, 2.05) is 111 Å². The van der Waals surface area contributed by atoms with Crippen LogP contribution in [0.3, 0.4) is 0 Å². The van der Waals surface area contributed by atoms with Crippen LogP contribution in [0.15, 0.2) is 97.1 Å². The summed E-state index contributed by atoms with van der Waals surface area (Å²) >= 11 is 0. The molecule has 3 N–H and O–H groups in total. The minimum absolute atomic E-state index is 0.0118. The molecule has 0 fully saturated rings. The topological polar surface area (TPSA) is 193 Å². The molecule has 1 unspecified atom stereocenters. The molecule has 6 rings (SSSR count). The molecule has 2 amide bonds. The van der Waals surface area contributed by atoms with Crippen molar-refractivity contribution in [2.24, 2.45) is 11.8 Å². The van der Waals surface area contributed by atoms with E-state index in [1.165, 1.54) is 0 Å². The van der Waals surface area contributed by atoms with Gasteiger partial charge in [-0.05, 0) is 62.8 Å². The average molecular weight is 877 g/mol. The summed E-state index contributed by atoms with van der Waals surface area (Å²) in [6.45, 7) is 6.85. The zero-order valence-corrected chi connectivity index (χ0v) is 36.6. The lowest BCUT2D eigenvalue weighted by atomic mass is 9.98. The third-order valence-corrected chi connectivity index (χ3v) is 12.0. The largest absolute Gasteiger partial charge is 0.481 e. The van der Waals surface area contributed by atoms with Gasteiger partial charge >= 0.3 is 36.1 Å². The number of hydrogen-bond acceptors (Lipinski definition) is 11. The van der Waals surface area contributed by atoms with Crippen molar-refractivity contribution in [3.05, 3.63) is 119 Å². The predicted molar refractivity (Wildman–Crippen MR) is 236 cm³/mol. The predicted octanol–water partition coefficient (Wildman–Crippen LogP) is 8.49. The van der Waals surface area contributed by atoms with E-state index in [2.05, 4.69) is 10.6 Å². The third kappa shape index (κ3) is 11.5. The summed E-state index contributed by atoms with van der Waals surface area (Å²) < 4.78 is 28.1. The number of nitrogens with one attached hydrogen (secondary N) is 2. The molecule has 14 heteroatoms. The van der Waals surface area contributed by atoms with Gasteiger partial charge in [0, 0.05) is 24.7 Å². The Balaban J connectivity index is 1.06. The number of esters is 3. The Morgan fingerprint density at radius 1 is 0.562 bits per heavy atom. The SMILES string of the molecule is CC[C@H](C)[C@H](NC(=O)OCC1c2ccccc2-c2ccccc21)C(=O)OCCC(OC(=O)CCCC(=O)O)OC(=O)[C@@H](NC(=O)OCC1c2ccccc2-c2ccccc21)[C@@H](C)CC. The van der Waals surface area contributed by atoms with Crippen molar-refractivity contribution in [3.63, 3.8) is 0 Å². The van der Waals surface area contributed by atoms with E-state index in [9.17, 15) is 28.8 Å². The number of carbonyl (C=O) groups excluding carboxylic acids is 5. The van der Waals surface area contributed by atoms with Gasteiger partial charge in [-0.3, -0.25) is 9.59 Å². The van der Waals surface area contributed by atoms with E-state index in [-0.39, 0.29) is 56.7 Å². The van der Waals surface area contributed by atoms with Gasteiger partial charge < -0.3 is 39.4 Å². The zero-order valence-electron chi connectivity index (χ0n) is 36.6. The highest BCUT2D eigenvalue weighted by molar-refractivity contribution is 5.84. The molecule has 0 bridgehead atoms. The molecule has 64 heavy (non-hydrogen) atoms. The van der Waals surface area contributed by atoms with E-state index in [0.29, 0.717) is 12.8 Å². The molecule has 5 atom stereocenters. The number of amides is 2. The van der Waals surface area contributed by atoms with Crippen LogP contribution in [0.1, 0.15) is 100 Å². The van der Waals surface area contributed by atoms with Crippen molar-refractivity contribution >= 4 is 36.1 Å². The van der Waals surface area contributed by atoms with Gasteiger partial charge in [-0.1, -0.05) is 138 Å². The number of carbonyl (C=O) groups is 6. The van der Waals surface area contributed by atoms with Gasteiger partial charge in [0.1, 0.15) is 25.3 Å². The first kappa shape index (κ1) is 46.8. The maximum absolute atomic E-state index is 13.8. The summed E-state index contributed by atoms with van der Waals surface area (Å²) in [5.74, 6) is -4.86. The lowest BCUT2D eigenvalue weighted by molar-refractivity contribution is -0.193. The molecule has 0 aromatic heterocycles. The Morgan fingerprint density at radius 3 is 1.38 bits per heavy atom. The second-order valence-corrected chi connectivity index (χ2v) is 16.2. The first-order valence-corrected chi connectivity index (χ1v) is 21.9. The molecule has 2 aliphatic carbocycles. The third-order valence-electron chi connectivity index (χ3n) is 12.0. The van der Waals surface area contributed by atoms with Crippen molar-refractivity contribution < 1.29 is 57.6 Å². The number of fused-ring (bicyclic) bond motifs is 6. The van der Waals surface area contributed by atoms with Crippen LogP contribution in [-0.2, 0) is 42.9 Å². The van der Waals surface area contributed by atoms with Crippen LogP contribution in [0.25, 0.3) is 22.3 Å². The minimum atomic E-state index is -1.58. The Hall–Kier alpha value is -6.70. The van der Waals surface area contributed by atoms with E-state index in [0.717, 1.165) is 44.5 Å². The fourth-order valence-corrected chi connectivity index (χ4v) is 8.15. The first-order chi connectivity index (χ1) is 30.9. The lowest BCUT2D eigenvalue weighted by Crippen LogP contribution is -2.48. The van der Waals surface area contributed by atoms with Crippen LogP contribution in [0.2, 0.25) is 0 Å². The fraction of sp³-hybridized carbons (Fsp3) is 0.400. The molecule has 0 saturated heterocycles. The molecular weight excluding hydrogens is 821 g/mol. The highest BCUT2D eigenvalue weighted by atomic mass is 16.7. The van der Waals surface area contributed by atoms with Gasteiger partial charge in [0.25, 0.3) is 6.29 Å². The summed E-state index contributed by atoms with van der Waals surface area (Å²) in [5, 5.41) is 14.3. The lowest BCUT2D eigenvalue weighted by Gasteiger charge is -2.26. The molecule has 2 aliphatic rings. The second kappa shape index (κ2) is 22.1. The summed E-state index contributed by atoms with van der Waals surface area (Å²) in [4.78, 5) is 77.7. The van der Waals surface area contributed by atoms with E-state index in [4.69, 9.17) is 28.8 Å². The molecule has 4 aromatic carbocycles. The summed E-state index contributed by atoms with van der Waals surface area (Å²) in [5.41, 5.74) is 8.38. The molecule has 0 saturated carbocycles. The van der Waals surface area contributed by atoms with Gasteiger partial charge in [0.2, 0.25) is 0 Å². The number of alkyl carbamates (subject to hydrolysis) is 2. The van der Waals surface area contributed by atoms with Crippen LogP contribution in [0, 0.1) is 11.8 Å². The summed E-state index contributed by atoms with van der Waals surface area (Å²) in [6, 6.07) is 29.3. The number of rotatable bonds is 21. The van der Waals surface area contributed by atoms with Gasteiger partial charge in [-0.15, -0.1) is 0 Å². The Morgan fingerprint density at radius 2 is 0.969 bits per heavy atom. The highest BCUT2D eigenvalue weighted by Gasteiger charge is 2.35. The number of ether oxygens (including phenoxy) is 5. The average Bonchev–Trinajstić information content (AvgIpc) is 3.79. The van der Waals surface area contributed by atoms with Crippen LogP contribution < -0.4 is 10.6 Å². The molecule has 4 aromatic rings. The van der Waals surface area contributed by atoms with E-state index < -0.39 is 67.0 Å². The van der Waals surface area contributed by atoms with Gasteiger partial charge in [-0.25, -0.2) is 19.2 Å². The minimum Gasteiger partial charge on any atom is -0.481 e. The standard InChI is InChI=1S/C50H56N2O12/c1-5-30(3)45(51-49(58)61-28-40-36-20-11-7-16-32(36)33-17-8-12-21-37(33)40)47(56)60-27-26-44(63-43(55)25-15-24-42(53)54)64-48(57)46(31(4)6-2)52-50(59)62-29-41-38-22-13-9-18-34(38)35-19-10-14-23-39(35)41/h7-14,16-23,30-31,40-41,44-46H,5-6,15,24-29H2,1-4H3,(H,51,58)(H,52,59)(H,53,54)/t30-,31-,44?,45-,46-/m0/s1. The Kier molecular flexibility index (Phi) is 16.1. The van der Waals surface area contributed by atoms with Crippen molar-refractivity contribution in [1.29, 1.82) is 0 Å². The molecule has 0 radical (unpaired) electrons. The van der Waals surface area contributed by atoms with Crippen LogP contribution in [0.4, 0.5) is 9.59 Å². The van der Waals surface area contributed by atoms with Crippen molar-refractivity contribution in [2.45, 2.75) is 96.4 Å². The van der Waals surface area contributed by atoms with E-state index >= 15 is 0 Å². The summed E-state index contributed by atoms with van der Waals surface area (Å²) in [7, 11) is 0.